The summed E-state index contributed by atoms with van der Waals surface area (Å²) >= 11 is 1.69. The number of hydrogen-bond acceptors (Lipinski definition) is 7. The minimum atomic E-state index is -0.0563. The van der Waals surface area contributed by atoms with Crippen LogP contribution in [-0.2, 0) is 6.42 Å². The molecule has 182 valence electrons. The van der Waals surface area contributed by atoms with Crippen LogP contribution in [0.5, 0.6) is 5.75 Å². The van der Waals surface area contributed by atoms with Crippen LogP contribution in [0.3, 0.4) is 0 Å². The van der Waals surface area contributed by atoms with Gasteiger partial charge in [0.05, 0.1) is 17.3 Å². The first-order valence-corrected chi connectivity index (χ1v) is 12.7. The number of aromatic nitrogens is 3. The summed E-state index contributed by atoms with van der Waals surface area (Å²) in [6.45, 7) is 4.81. The molecule has 0 aliphatic carbocycles. The smallest absolute Gasteiger partial charge is 0.162 e. The molecule has 7 heteroatoms. The van der Waals surface area contributed by atoms with Gasteiger partial charge in [-0.25, -0.2) is 9.97 Å². The third kappa shape index (κ3) is 4.94. The number of nitrogens with one attached hydrogen (secondary N) is 1. The summed E-state index contributed by atoms with van der Waals surface area (Å²) in [4.78, 5) is 15.3. The van der Waals surface area contributed by atoms with E-state index in [1.54, 1.807) is 30.8 Å². The van der Waals surface area contributed by atoms with Gasteiger partial charge in [0.2, 0.25) is 0 Å². The minimum absolute atomic E-state index is 0.0563. The molecule has 0 saturated heterocycles. The molecule has 1 atom stereocenters. The standard InChI is InChI=1S/C29H29N5OS/c1-18-9-10-24(35-3)23(15-18)25-19(2)36-27-26(25)33-28(21-11-13-31-14-12-21)34-29(27)32-17-22(30)16-20-7-5-4-6-8-20/h4-15,22H,16-17,30H2,1-3H3,(H,32,33,34)/t22-/m0/s1. The number of anilines is 1. The number of ether oxygens (including phenoxy) is 1. The van der Waals surface area contributed by atoms with Gasteiger partial charge in [-0.15, -0.1) is 11.3 Å². The molecule has 5 aromatic rings. The number of aryl methyl sites for hydroxylation is 2. The molecule has 2 aromatic carbocycles. The van der Waals surface area contributed by atoms with E-state index in [9.17, 15) is 0 Å². The summed E-state index contributed by atoms with van der Waals surface area (Å²) in [6.07, 6.45) is 4.30. The summed E-state index contributed by atoms with van der Waals surface area (Å²) in [7, 11) is 1.70. The average Bonchev–Trinajstić information content (AvgIpc) is 3.24. The predicted molar refractivity (Wildman–Crippen MR) is 149 cm³/mol. The lowest BCUT2D eigenvalue weighted by Gasteiger charge is -2.15. The number of nitrogens with zero attached hydrogens (tertiary/aromatic N) is 3. The zero-order valence-corrected chi connectivity index (χ0v) is 21.5. The van der Waals surface area contributed by atoms with Crippen molar-refractivity contribution in [3.05, 3.63) is 89.1 Å². The van der Waals surface area contributed by atoms with E-state index in [2.05, 4.69) is 48.4 Å². The van der Waals surface area contributed by atoms with Crippen LogP contribution in [0.15, 0.2) is 73.1 Å². The molecular weight excluding hydrogens is 466 g/mol. The number of methoxy groups -OCH3 is 1. The van der Waals surface area contributed by atoms with Crippen molar-refractivity contribution in [2.24, 2.45) is 5.73 Å². The molecule has 0 unspecified atom stereocenters. The number of benzene rings is 2. The van der Waals surface area contributed by atoms with Gasteiger partial charge in [0, 0.05) is 46.5 Å². The highest BCUT2D eigenvalue weighted by Crippen LogP contribution is 2.44. The zero-order valence-electron chi connectivity index (χ0n) is 20.7. The molecule has 0 fully saturated rings. The van der Waals surface area contributed by atoms with Gasteiger partial charge in [0.1, 0.15) is 11.6 Å². The molecular formula is C29H29N5OS. The second kappa shape index (κ2) is 10.4. The number of thiophene rings is 1. The fourth-order valence-corrected chi connectivity index (χ4v) is 5.46. The van der Waals surface area contributed by atoms with E-state index in [-0.39, 0.29) is 6.04 Å². The molecule has 6 nitrogen and oxygen atoms in total. The molecule has 0 aliphatic rings. The quantitative estimate of drug-likeness (QED) is 0.273. The second-order valence-corrected chi connectivity index (χ2v) is 10.1. The van der Waals surface area contributed by atoms with Crippen LogP contribution in [0.1, 0.15) is 16.0 Å². The van der Waals surface area contributed by atoms with Crippen LogP contribution in [-0.4, -0.2) is 34.6 Å². The summed E-state index contributed by atoms with van der Waals surface area (Å²) in [5.74, 6) is 2.27. The highest BCUT2D eigenvalue weighted by Gasteiger charge is 2.21. The molecule has 0 saturated carbocycles. The van der Waals surface area contributed by atoms with Gasteiger partial charge in [0.25, 0.3) is 0 Å². The third-order valence-electron chi connectivity index (χ3n) is 6.14. The van der Waals surface area contributed by atoms with Crippen LogP contribution >= 0.6 is 11.3 Å². The van der Waals surface area contributed by atoms with Crippen molar-refractivity contribution in [3.8, 4) is 28.3 Å². The predicted octanol–water partition coefficient (Wildman–Crippen LogP) is 6.03. The van der Waals surface area contributed by atoms with Crippen LogP contribution in [0.25, 0.3) is 32.7 Å². The molecule has 0 spiro atoms. The van der Waals surface area contributed by atoms with Crippen molar-refractivity contribution in [2.75, 3.05) is 19.0 Å². The second-order valence-electron chi connectivity index (χ2n) is 8.88. The van der Waals surface area contributed by atoms with Crippen molar-refractivity contribution < 1.29 is 4.74 Å². The normalized spacial score (nSPS) is 12.0. The maximum atomic E-state index is 6.50. The van der Waals surface area contributed by atoms with Gasteiger partial charge in [-0.2, -0.15) is 0 Å². The Morgan fingerprint density at radius 1 is 1.00 bits per heavy atom. The summed E-state index contributed by atoms with van der Waals surface area (Å²) in [5.41, 5.74) is 12.8. The third-order valence-corrected chi connectivity index (χ3v) is 7.25. The first kappa shape index (κ1) is 23.9. The summed E-state index contributed by atoms with van der Waals surface area (Å²) < 4.78 is 6.74. The molecule has 3 heterocycles. The Morgan fingerprint density at radius 3 is 2.53 bits per heavy atom. The van der Waals surface area contributed by atoms with Crippen LogP contribution in [0.2, 0.25) is 0 Å². The van der Waals surface area contributed by atoms with Crippen LogP contribution in [0, 0.1) is 13.8 Å². The van der Waals surface area contributed by atoms with E-state index >= 15 is 0 Å². The van der Waals surface area contributed by atoms with Gasteiger partial charge in [-0.05, 0) is 50.1 Å². The summed E-state index contributed by atoms with van der Waals surface area (Å²) in [5, 5.41) is 3.54. The topological polar surface area (TPSA) is 86.0 Å². The van der Waals surface area contributed by atoms with E-state index in [1.165, 1.54) is 5.56 Å². The fraction of sp³-hybridized carbons (Fsp3) is 0.207. The van der Waals surface area contributed by atoms with E-state index < -0.39 is 0 Å². The molecule has 3 aromatic heterocycles. The Hall–Kier alpha value is -3.81. The lowest BCUT2D eigenvalue weighted by molar-refractivity contribution is 0.416. The van der Waals surface area contributed by atoms with Crippen molar-refractivity contribution >= 4 is 27.4 Å². The monoisotopic (exact) mass is 495 g/mol. The summed E-state index contributed by atoms with van der Waals surface area (Å²) in [6, 6.07) is 20.3. The number of rotatable bonds is 8. The highest BCUT2D eigenvalue weighted by molar-refractivity contribution is 7.20. The Balaban J connectivity index is 1.59. The van der Waals surface area contributed by atoms with Crippen molar-refractivity contribution in [1.82, 2.24) is 15.0 Å². The molecule has 3 N–H and O–H groups in total. The maximum Gasteiger partial charge on any atom is 0.162 e. The van der Waals surface area contributed by atoms with E-state index in [0.29, 0.717) is 12.4 Å². The lowest BCUT2D eigenvalue weighted by Crippen LogP contribution is -2.31. The average molecular weight is 496 g/mol. The number of fused-ring (bicyclic) bond motifs is 1. The van der Waals surface area contributed by atoms with Crippen LogP contribution in [0.4, 0.5) is 5.82 Å². The van der Waals surface area contributed by atoms with Crippen molar-refractivity contribution in [1.29, 1.82) is 0 Å². The maximum absolute atomic E-state index is 6.50. The van der Waals surface area contributed by atoms with Gasteiger partial charge < -0.3 is 15.8 Å². The van der Waals surface area contributed by atoms with Gasteiger partial charge in [-0.1, -0.05) is 42.0 Å². The van der Waals surface area contributed by atoms with Gasteiger partial charge >= 0.3 is 0 Å². The van der Waals surface area contributed by atoms with Gasteiger partial charge in [0.15, 0.2) is 5.82 Å². The Bertz CT molecular complexity index is 1480. The fourth-order valence-electron chi connectivity index (χ4n) is 4.39. The van der Waals surface area contributed by atoms with Crippen LogP contribution < -0.4 is 15.8 Å². The molecule has 0 radical (unpaired) electrons. The Morgan fingerprint density at radius 2 is 1.78 bits per heavy atom. The van der Waals surface area contributed by atoms with E-state index in [1.807, 2.05) is 36.4 Å². The lowest BCUT2D eigenvalue weighted by atomic mass is 10.0. The molecule has 0 bridgehead atoms. The zero-order chi connectivity index (χ0) is 25.1. The Labute approximate surface area is 215 Å². The minimum Gasteiger partial charge on any atom is -0.496 e. The molecule has 0 aliphatic heterocycles. The SMILES string of the molecule is COc1ccc(C)cc1-c1c(C)sc2c(NC[C@@H](N)Cc3ccccc3)nc(-c3ccncc3)nc12. The number of pyridine rings is 1. The van der Waals surface area contributed by atoms with Crippen molar-refractivity contribution in [2.45, 2.75) is 26.3 Å². The first-order chi connectivity index (χ1) is 17.5. The van der Waals surface area contributed by atoms with Crippen molar-refractivity contribution in [3.63, 3.8) is 0 Å². The molecule has 36 heavy (non-hydrogen) atoms. The number of nitrogens with two attached hydrogens (primary N) is 1. The first-order valence-electron chi connectivity index (χ1n) is 11.9. The largest absolute Gasteiger partial charge is 0.496 e. The highest BCUT2D eigenvalue weighted by atomic mass is 32.1. The Kier molecular flexibility index (Phi) is 6.93. The van der Waals surface area contributed by atoms with E-state index in [0.717, 1.165) is 55.3 Å². The number of hydrogen-bond donors (Lipinski definition) is 2. The van der Waals surface area contributed by atoms with E-state index in [4.69, 9.17) is 20.4 Å². The van der Waals surface area contributed by atoms with Gasteiger partial charge in [-0.3, -0.25) is 4.98 Å². The molecule has 0 amide bonds. The molecule has 5 rings (SSSR count).